The molecule has 1 aromatic heterocycles. The number of hydrogen-bond donors (Lipinski definition) is 0. The number of carbonyl (C=O) groups excluding carboxylic acids is 1. The SMILES string of the molecule is COC(=O)C1COc2cnccc2C1. The number of nitrogens with zero attached hydrogens (tertiary/aromatic N) is 1. The van der Waals surface area contributed by atoms with Crippen LogP contribution in [-0.2, 0) is 16.0 Å². The zero-order valence-electron chi connectivity index (χ0n) is 7.90. The molecule has 1 atom stereocenters. The Morgan fingerprint density at radius 2 is 2.57 bits per heavy atom. The summed E-state index contributed by atoms with van der Waals surface area (Å²) in [7, 11) is 1.39. The molecule has 0 radical (unpaired) electrons. The van der Waals surface area contributed by atoms with E-state index in [0.29, 0.717) is 13.0 Å². The first-order valence-electron chi connectivity index (χ1n) is 4.45. The van der Waals surface area contributed by atoms with Gasteiger partial charge in [-0.15, -0.1) is 0 Å². The predicted molar refractivity (Wildman–Crippen MR) is 48.9 cm³/mol. The number of fused-ring (bicyclic) bond motifs is 1. The molecule has 0 saturated carbocycles. The fraction of sp³-hybridized carbons (Fsp3) is 0.400. The second-order valence-corrected chi connectivity index (χ2v) is 3.22. The standard InChI is InChI=1S/C10H11NO3/c1-13-10(12)8-4-7-2-3-11-5-9(7)14-6-8/h2-3,5,8H,4,6H2,1H3. The fourth-order valence-electron chi connectivity index (χ4n) is 1.54. The Morgan fingerprint density at radius 3 is 3.36 bits per heavy atom. The minimum Gasteiger partial charge on any atom is -0.491 e. The summed E-state index contributed by atoms with van der Waals surface area (Å²) >= 11 is 0. The van der Waals surface area contributed by atoms with Gasteiger partial charge in [0.15, 0.2) is 0 Å². The van der Waals surface area contributed by atoms with Crippen molar-refractivity contribution in [2.24, 2.45) is 5.92 Å². The average Bonchev–Trinajstić information content (AvgIpc) is 2.27. The van der Waals surface area contributed by atoms with Gasteiger partial charge in [-0.1, -0.05) is 0 Å². The van der Waals surface area contributed by atoms with Gasteiger partial charge in [-0.25, -0.2) is 0 Å². The lowest BCUT2D eigenvalue weighted by Gasteiger charge is -2.22. The van der Waals surface area contributed by atoms with Gasteiger partial charge in [0.05, 0.1) is 19.2 Å². The number of ether oxygens (including phenoxy) is 2. The molecule has 0 amide bonds. The molecule has 0 saturated heterocycles. The smallest absolute Gasteiger partial charge is 0.312 e. The molecule has 0 bridgehead atoms. The summed E-state index contributed by atoms with van der Waals surface area (Å²) < 4.78 is 10.1. The minimum atomic E-state index is -0.215. The summed E-state index contributed by atoms with van der Waals surface area (Å²) in [6.07, 6.45) is 4.04. The van der Waals surface area contributed by atoms with Crippen molar-refractivity contribution in [3.63, 3.8) is 0 Å². The molecule has 2 rings (SSSR count). The van der Waals surface area contributed by atoms with E-state index in [4.69, 9.17) is 4.74 Å². The maximum atomic E-state index is 11.3. The number of pyridine rings is 1. The van der Waals surface area contributed by atoms with Gasteiger partial charge in [-0.3, -0.25) is 9.78 Å². The quantitative estimate of drug-likeness (QED) is 0.619. The highest BCUT2D eigenvalue weighted by Gasteiger charge is 2.26. The first-order chi connectivity index (χ1) is 6.81. The normalized spacial score (nSPS) is 19.4. The van der Waals surface area contributed by atoms with E-state index in [2.05, 4.69) is 9.72 Å². The zero-order chi connectivity index (χ0) is 9.97. The average molecular weight is 193 g/mol. The summed E-state index contributed by atoms with van der Waals surface area (Å²) in [6, 6.07) is 1.87. The Bertz CT molecular complexity index is 351. The molecule has 4 nitrogen and oxygen atoms in total. The summed E-state index contributed by atoms with van der Waals surface area (Å²) in [5, 5.41) is 0. The third-order valence-electron chi connectivity index (χ3n) is 2.31. The van der Waals surface area contributed by atoms with Gasteiger partial charge >= 0.3 is 5.97 Å². The predicted octanol–water partition coefficient (Wildman–Crippen LogP) is 0.806. The number of rotatable bonds is 1. The van der Waals surface area contributed by atoms with Crippen LogP contribution in [0.25, 0.3) is 0 Å². The highest BCUT2D eigenvalue weighted by atomic mass is 16.5. The summed E-state index contributed by atoms with van der Waals surface area (Å²) in [5.74, 6) is 0.370. The van der Waals surface area contributed by atoms with Crippen LogP contribution in [0.2, 0.25) is 0 Å². The molecule has 74 valence electrons. The van der Waals surface area contributed by atoms with Crippen molar-refractivity contribution in [3.8, 4) is 5.75 Å². The van der Waals surface area contributed by atoms with E-state index in [1.165, 1.54) is 7.11 Å². The number of methoxy groups -OCH3 is 1. The molecule has 0 aromatic carbocycles. The van der Waals surface area contributed by atoms with Gasteiger partial charge in [0, 0.05) is 6.20 Å². The summed E-state index contributed by atoms with van der Waals surface area (Å²) in [5.41, 5.74) is 1.02. The van der Waals surface area contributed by atoms with Gasteiger partial charge < -0.3 is 9.47 Å². The van der Waals surface area contributed by atoms with E-state index in [9.17, 15) is 4.79 Å². The number of esters is 1. The van der Waals surface area contributed by atoms with Crippen molar-refractivity contribution < 1.29 is 14.3 Å². The van der Waals surface area contributed by atoms with Crippen LogP contribution in [0.1, 0.15) is 5.56 Å². The third kappa shape index (κ3) is 1.55. The Balaban J connectivity index is 2.17. The van der Waals surface area contributed by atoms with Crippen molar-refractivity contribution in [3.05, 3.63) is 24.0 Å². The molecule has 0 fully saturated rings. The fourth-order valence-corrected chi connectivity index (χ4v) is 1.54. The van der Waals surface area contributed by atoms with Crippen molar-refractivity contribution in [2.45, 2.75) is 6.42 Å². The first kappa shape index (κ1) is 8.99. The molecule has 1 aromatic rings. The van der Waals surface area contributed by atoms with E-state index in [-0.39, 0.29) is 11.9 Å². The maximum absolute atomic E-state index is 11.3. The maximum Gasteiger partial charge on any atom is 0.312 e. The second-order valence-electron chi connectivity index (χ2n) is 3.22. The van der Waals surface area contributed by atoms with E-state index in [1.54, 1.807) is 12.4 Å². The third-order valence-corrected chi connectivity index (χ3v) is 2.31. The molecule has 0 N–H and O–H groups in total. The van der Waals surface area contributed by atoms with Crippen LogP contribution in [0.3, 0.4) is 0 Å². The molecular formula is C10H11NO3. The van der Waals surface area contributed by atoms with Gasteiger partial charge in [0.1, 0.15) is 12.4 Å². The zero-order valence-corrected chi connectivity index (χ0v) is 7.90. The lowest BCUT2D eigenvalue weighted by atomic mass is 9.98. The van der Waals surface area contributed by atoms with E-state index in [1.807, 2.05) is 6.07 Å². The van der Waals surface area contributed by atoms with Crippen molar-refractivity contribution in [1.29, 1.82) is 0 Å². The highest BCUT2D eigenvalue weighted by molar-refractivity contribution is 5.73. The van der Waals surface area contributed by atoms with Crippen molar-refractivity contribution in [2.75, 3.05) is 13.7 Å². The van der Waals surface area contributed by atoms with Crippen molar-refractivity contribution in [1.82, 2.24) is 4.98 Å². The van der Waals surface area contributed by atoms with Gasteiger partial charge in [0.2, 0.25) is 0 Å². The van der Waals surface area contributed by atoms with Crippen LogP contribution in [0.4, 0.5) is 0 Å². The molecule has 0 spiro atoms. The topological polar surface area (TPSA) is 48.4 Å². The molecule has 14 heavy (non-hydrogen) atoms. The molecule has 1 aliphatic rings. The lowest BCUT2D eigenvalue weighted by Crippen LogP contribution is -2.29. The largest absolute Gasteiger partial charge is 0.491 e. The minimum absolute atomic E-state index is 0.185. The summed E-state index contributed by atoms with van der Waals surface area (Å²) in [6.45, 7) is 0.380. The number of carbonyl (C=O) groups is 1. The Hall–Kier alpha value is -1.58. The van der Waals surface area contributed by atoms with Crippen molar-refractivity contribution >= 4 is 5.97 Å². The van der Waals surface area contributed by atoms with E-state index < -0.39 is 0 Å². The molecule has 2 heterocycles. The van der Waals surface area contributed by atoms with Gasteiger partial charge in [-0.05, 0) is 18.1 Å². The molecule has 1 unspecified atom stereocenters. The number of hydrogen-bond acceptors (Lipinski definition) is 4. The van der Waals surface area contributed by atoms with Crippen LogP contribution < -0.4 is 4.74 Å². The van der Waals surface area contributed by atoms with Gasteiger partial charge in [-0.2, -0.15) is 0 Å². The Morgan fingerprint density at radius 1 is 1.71 bits per heavy atom. The first-order valence-corrected chi connectivity index (χ1v) is 4.45. The van der Waals surface area contributed by atoms with Crippen LogP contribution in [0.15, 0.2) is 18.5 Å². The Labute approximate surface area is 81.9 Å². The van der Waals surface area contributed by atoms with Crippen LogP contribution in [0.5, 0.6) is 5.75 Å². The van der Waals surface area contributed by atoms with Crippen LogP contribution in [0, 0.1) is 5.92 Å². The second kappa shape index (κ2) is 3.65. The molecule has 4 heteroatoms. The molecule has 1 aliphatic heterocycles. The summed E-state index contributed by atoms with van der Waals surface area (Å²) in [4.78, 5) is 15.2. The van der Waals surface area contributed by atoms with E-state index in [0.717, 1.165) is 11.3 Å². The highest BCUT2D eigenvalue weighted by Crippen LogP contribution is 2.26. The van der Waals surface area contributed by atoms with Crippen LogP contribution >= 0.6 is 0 Å². The Kier molecular flexibility index (Phi) is 2.35. The monoisotopic (exact) mass is 193 g/mol. The molecule has 0 aliphatic carbocycles. The van der Waals surface area contributed by atoms with Crippen LogP contribution in [-0.4, -0.2) is 24.7 Å². The van der Waals surface area contributed by atoms with E-state index >= 15 is 0 Å². The molecular weight excluding hydrogens is 182 g/mol. The van der Waals surface area contributed by atoms with Gasteiger partial charge in [0.25, 0.3) is 0 Å². The number of aromatic nitrogens is 1. The lowest BCUT2D eigenvalue weighted by molar-refractivity contribution is -0.146.